The maximum atomic E-state index is 5.96. The van der Waals surface area contributed by atoms with Crippen molar-refractivity contribution in [2.24, 2.45) is 0 Å². The Hall–Kier alpha value is -3.87. The number of hydrogen-bond acceptors (Lipinski definition) is 6. The molecule has 0 bridgehead atoms. The van der Waals surface area contributed by atoms with Crippen LogP contribution in [-0.4, -0.2) is 19.7 Å². The molecule has 0 aliphatic rings. The fourth-order valence-electron chi connectivity index (χ4n) is 2.84. The van der Waals surface area contributed by atoms with Crippen LogP contribution in [0.25, 0.3) is 11.1 Å². The minimum Gasteiger partial charge on any atom is -0.473 e. The normalized spacial score (nSPS) is 10.7. The standard InChI is InChI=1S/C21H20N6O/c22-19-9-8-18(21(23)26-19)17-11-25-27(13-17)12-15-4-6-16(7-5-15)14-28-20-3-1-2-10-24-20/h1-11,13H,12,14H2,(H4,22,23,26). The summed E-state index contributed by atoms with van der Waals surface area (Å²) in [6, 6.07) is 17.4. The van der Waals surface area contributed by atoms with Crippen LogP contribution >= 0.6 is 0 Å². The Balaban J connectivity index is 1.40. The highest BCUT2D eigenvalue weighted by Gasteiger charge is 2.07. The molecule has 7 heteroatoms. The maximum absolute atomic E-state index is 5.96. The molecule has 1 aromatic carbocycles. The van der Waals surface area contributed by atoms with E-state index in [0.29, 0.717) is 30.7 Å². The molecule has 0 spiro atoms. The third kappa shape index (κ3) is 4.09. The van der Waals surface area contributed by atoms with Gasteiger partial charge in [-0.15, -0.1) is 0 Å². The number of nitrogen functional groups attached to an aromatic ring is 2. The molecule has 28 heavy (non-hydrogen) atoms. The molecule has 0 atom stereocenters. The highest BCUT2D eigenvalue weighted by atomic mass is 16.5. The number of nitrogens with zero attached hydrogens (tertiary/aromatic N) is 4. The summed E-state index contributed by atoms with van der Waals surface area (Å²) in [5.74, 6) is 1.42. The number of anilines is 2. The van der Waals surface area contributed by atoms with Crippen molar-refractivity contribution in [3.05, 3.63) is 84.3 Å². The van der Waals surface area contributed by atoms with E-state index < -0.39 is 0 Å². The Kier molecular flexibility index (Phi) is 4.88. The first-order valence-electron chi connectivity index (χ1n) is 8.84. The molecule has 4 aromatic rings. The average Bonchev–Trinajstić information content (AvgIpc) is 3.16. The third-order valence-corrected chi connectivity index (χ3v) is 4.28. The molecule has 7 nitrogen and oxygen atoms in total. The van der Waals surface area contributed by atoms with Crippen LogP contribution in [0.5, 0.6) is 5.88 Å². The van der Waals surface area contributed by atoms with Crippen LogP contribution in [0.3, 0.4) is 0 Å². The summed E-state index contributed by atoms with van der Waals surface area (Å²) in [5, 5.41) is 4.42. The fourth-order valence-corrected chi connectivity index (χ4v) is 2.84. The van der Waals surface area contributed by atoms with Gasteiger partial charge in [0.25, 0.3) is 0 Å². The largest absolute Gasteiger partial charge is 0.473 e. The smallest absolute Gasteiger partial charge is 0.213 e. The number of benzene rings is 1. The molecule has 0 saturated heterocycles. The van der Waals surface area contributed by atoms with E-state index in [1.807, 2.05) is 47.3 Å². The van der Waals surface area contributed by atoms with Crippen molar-refractivity contribution >= 4 is 11.6 Å². The lowest BCUT2D eigenvalue weighted by atomic mass is 10.1. The molecular weight excluding hydrogens is 352 g/mol. The molecular formula is C21H20N6O. The molecule has 0 saturated carbocycles. The van der Waals surface area contributed by atoms with Crippen LogP contribution in [0.15, 0.2) is 73.2 Å². The van der Waals surface area contributed by atoms with Crippen molar-refractivity contribution in [1.82, 2.24) is 19.7 Å². The lowest BCUT2D eigenvalue weighted by Gasteiger charge is -2.07. The van der Waals surface area contributed by atoms with Gasteiger partial charge in [-0.25, -0.2) is 9.97 Å². The highest BCUT2D eigenvalue weighted by Crippen LogP contribution is 2.24. The van der Waals surface area contributed by atoms with E-state index in [-0.39, 0.29) is 0 Å². The second-order valence-corrected chi connectivity index (χ2v) is 6.37. The molecule has 0 aliphatic carbocycles. The molecule has 3 heterocycles. The number of rotatable bonds is 6. The van der Waals surface area contributed by atoms with Gasteiger partial charge in [-0.3, -0.25) is 4.68 Å². The van der Waals surface area contributed by atoms with Crippen molar-refractivity contribution in [2.75, 3.05) is 11.5 Å². The van der Waals surface area contributed by atoms with E-state index in [0.717, 1.165) is 22.3 Å². The molecule has 3 aromatic heterocycles. The van der Waals surface area contributed by atoms with Gasteiger partial charge in [0.2, 0.25) is 5.88 Å². The van der Waals surface area contributed by atoms with E-state index in [1.165, 1.54) is 0 Å². The Morgan fingerprint density at radius 1 is 0.929 bits per heavy atom. The molecule has 0 unspecified atom stereocenters. The molecule has 4 N–H and O–H groups in total. The van der Waals surface area contributed by atoms with Gasteiger partial charge in [0, 0.05) is 29.6 Å². The zero-order valence-electron chi connectivity index (χ0n) is 15.2. The summed E-state index contributed by atoms with van der Waals surface area (Å²) < 4.78 is 7.53. The Bertz CT molecular complexity index is 1060. The number of aromatic nitrogens is 4. The molecule has 0 amide bonds. The first-order chi connectivity index (χ1) is 13.7. The second-order valence-electron chi connectivity index (χ2n) is 6.37. The quantitative estimate of drug-likeness (QED) is 0.539. The van der Waals surface area contributed by atoms with E-state index in [2.05, 4.69) is 27.2 Å². The van der Waals surface area contributed by atoms with Gasteiger partial charge in [0.15, 0.2) is 0 Å². The molecule has 0 aliphatic heterocycles. The minimum absolute atomic E-state index is 0.400. The summed E-state index contributed by atoms with van der Waals surface area (Å²) in [7, 11) is 0. The van der Waals surface area contributed by atoms with E-state index in [4.69, 9.17) is 16.2 Å². The van der Waals surface area contributed by atoms with Gasteiger partial charge >= 0.3 is 0 Å². The van der Waals surface area contributed by atoms with Gasteiger partial charge in [-0.2, -0.15) is 5.10 Å². The minimum atomic E-state index is 0.400. The van der Waals surface area contributed by atoms with Crippen LogP contribution < -0.4 is 16.2 Å². The van der Waals surface area contributed by atoms with Crippen LogP contribution in [-0.2, 0) is 13.2 Å². The molecule has 140 valence electrons. The first-order valence-corrected chi connectivity index (χ1v) is 8.84. The van der Waals surface area contributed by atoms with Crippen molar-refractivity contribution in [3.8, 4) is 17.0 Å². The summed E-state index contributed by atoms with van der Waals surface area (Å²) in [4.78, 5) is 8.25. The van der Waals surface area contributed by atoms with Crippen LogP contribution in [0.4, 0.5) is 11.6 Å². The lowest BCUT2D eigenvalue weighted by Crippen LogP contribution is -2.01. The molecule has 4 rings (SSSR count). The number of ether oxygens (including phenoxy) is 1. The predicted molar refractivity (Wildman–Crippen MR) is 108 cm³/mol. The average molecular weight is 372 g/mol. The second kappa shape index (κ2) is 7.79. The van der Waals surface area contributed by atoms with Gasteiger partial charge in [-0.05, 0) is 29.3 Å². The van der Waals surface area contributed by atoms with Crippen LogP contribution in [0.1, 0.15) is 11.1 Å². The van der Waals surface area contributed by atoms with E-state index >= 15 is 0 Å². The summed E-state index contributed by atoms with van der Waals surface area (Å²) >= 11 is 0. The van der Waals surface area contributed by atoms with Crippen molar-refractivity contribution in [3.63, 3.8) is 0 Å². The van der Waals surface area contributed by atoms with Gasteiger partial charge < -0.3 is 16.2 Å². The zero-order valence-corrected chi connectivity index (χ0v) is 15.2. The van der Waals surface area contributed by atoms with Gasteiger partial charge in [0.1, 0.15) is 18.2 Å². The monoisotopic (exact) mass is 372 g/mol. The SMILES string of the molecule is Nc1ccc(-c2cnn(Cc3ccc(COc4ccccn4)cc3)c2)c(N)n1. The van der Waals surface area contributed by atoms with Gasteiger partial charge in [-0.1, -0.05) is 30.3 Å². The van der Waals surface area contributed by atoms with E-state index in [1.54, 1.807) is 18.5 Å². The third-order valence-electron chi connectivity index (χ3n) is 4.28. The van der Waals surface area contributed by atoms with E-state index in [9.17, 15) is 0 Å². The van der Waals surface area contributed by atoms with Crippen molar-refractivity contribution < 1.29 is 4.74 Å². The van der Waals surface area contributed by atoms with Crippen molar-refractivity contribution in [1.29, 1.82) is 0 Å². The highest BCUT2D eigenvalue weighted by molar-refractivity contribution is 5.73. The predicted octanol–water partition coefficient (Wildman–Crippen LogP) is 3.13. The zero-order chi connectivity index (χ0) is 19.3. The van der Waals surface area contributed by atoms with Crippen LogP contribution in [0.2, 0.25) is 0 Å². The number of hydrogen-bond donors (Lipinski definition) is 2. The molecule has 0 radical (unpaired) electrons. The maximum Gasteiger partial charge on any atom is 0.213 e. The van der Waals surface area contributed by atoms with Crippen LogP contribution in [0, 0.1) is 0 Å². The topological polar surface area (TPSA) is 105 Å². The van der Waals surface area contributed by atoms with Gasteiger partial charge in [0.05, 0.1) is 12.7 Å². The number of nitrogens with two attached hydrogens (primary N) is 2. The first kappa shape index (κ1) is 17.5. The summed E-state index contributed by atoms with van der Waals surface area (Å²) in [6.45, 7) is 1.14. The van der Waals surface area contributed by atoms with Crippen molar-refractivity contribution in [2.45, 2.75) is 13.2 Å². The summed E-state index contributed by atoms with van der Waals surface area (Å²) in [6.07, 6.45) is 5.44. The molecule has 0 fully saturated rings. The summed E-state index contributed by atoms with van der Waals surface area (Å²) in [5.41, 5.74) is 15.6. The Morgan fingerprint density at radius 3 is 2.50 bits per heavy atom. The Morgan fingerprint density at radius 2 is 1.75 bits per heavy atom. The number of pyridine rings is 2. The Labute approximate surface area is 162 Å². The fraction of sp³-hybridized carbons (Fsp3) is 0.0952. The lowest BCUT2D eigenvalue weighted by molar-refractivity contribution is 0.294.